The molecule has 0 saturated heterocycles. The Kier molecular flexibility index (Phi) is 8.32. The maximum atomic E-state index is 13.2. The Balaban J connectivity index is 1.26. The quantitative estimate of drug-likeness (QED) is 0.157. The first-order valence-electron chi connectivity index (χ1n) is 15.5. The van der Waals surface area contributed by atoms with Gasteiger partial charge in [0, 0.05) is 59.6 Å². The molecule has 0 unspecified atom stereocenters. The van der Waals surface area contributed by atoms with Gasteiger partial charge in [0.15, 0.2) is 9.84 Å². The summed E-state index contributed by atoms with van der Waals surface area (Å²) in [5.41, 5.74) is 6.44. The predicted octanol–water partition coefficient (Wildman–Crippen LogP) is 7.08. The zero-order valence-electron chi connectivity index (χ0n) is 26.2. The zero-order valence-corrected chi connectivity index (χ0v) is 27.8. The van der Waals surface area contributed by atoms with Crippen LogP contribution in [-0.2, 0) is 32.2 Å². The molecule has 0 aliphatic rings. The van der Waals surface area contributed by atoms with Gasteiger partial charge in [0.1, 0.15) is 5.65 Å². The van der Waals surface area contributed by atoms with Crippen LogP contribution in [0.3, 0.4) is 0 Å². The van der Waals surface area contributed by atoms with Crippen LogP contribution >= 0.6 is 0 Å². The summed E-state index contributed by atoms with van der Waals surface area (Å²) in [5, 5.41) is 1.76. The van der Waals surface area contributed by atoms with E-state index in [1.54, 1.807) is 49.9 Å². The summed E-state index contributed by atoms with van der Waals surface area (Å²) >= 11 is 0. The molecular formula is C37H33N5O4S2. The van der Waals surface area contributed by atoms with Crippen molar-refractivity contribution < 1.29 is 16.8 Å². The number of pyridine rings is 1. The van der Waals surface area contributed by atoms with E-state index < -0.39 is 19.9 Å². The van der Waals surface area contributed by atoms with Crippen LogP contribution in [-0.4, -0.2) is 49.2 Å². The molecule has 0 spiro atoms. The fourth-order valence-electron chi connectivity index (χ4n) is 6.04. The molecule has 48 heavy (non-hydrogen) atoms. The van der Waals surface area contributed by atoms with Crippen LogP contribution in [0, 0.1) is 0 Å². The van der Waals surface area contributed by atoms with Crippen LogP contribution in [0.25, 0.3) is 44.2 Å². The first kappa shape index (κ1) is 31.3. The van der Waals surface area contributed by atoms with Crippen molar-refractivity contribution in [2.45, 2.75) is 23.6 Å². The second-order valence-corrected chi connectivity index (χ2v) is 15.8. The van der Waals surface area contributed by atoms with Crippen molar-refractivity contribution in [2.75, 3.05) is 17.1 Å². The summed E-state index contributed by atoms with van der Waals surface area (Å²) in [4.78, 5) is 12.5. The first-order chi connectivity index (χ1) is 23.2. The minimum atomic E-state index is -3.55. The average molecular weight is 676 g/mol. The monoisotopic (exact) mass is 675 g/mol. The number of anilines is 1. The summed E-state index contributed by atoms with van der Waals surface area (Å²) < 4.78 is 56.0. The number of fused-ring (bicyclic) bond motifs is 3. The lowest BCUT2D eigenvalue weighted by atomic mass is 9.92. The van der Waals surface area contributed by atoms with Gasteiger partial charge >= 0.3 is 0 Å². The van der Waals surface area contributed by atoms with Crippen molar-refractivity contribution in [1.29, 1.82) is 0 Å². The van der Waals surface area contributed by atoms with Gasteiger partial charge in [-0.15, -0.1) is 0 Å². The highest BCUT2D eigenvalue weighted by Crippen LogP contribution is 2.41. The molecule has 11 heteroatoms. The smallest absolute Gasteiger partial charge is 0.234 e. The zero-order chi connectivity index (χ0) is 33.3. The van der Waals surface area contributed by atoms with E-state index in [4.69, 9.17) is 4.98 Å². The number of benzene rings is 4. The Morgan fingerprint density at radius 3 is 2.27 bits per heavy atom. The molecule has 0 atom stereocenters. The van der Waals surface area contributed by atoms with E-state index in [0.29, 0.717) is 29.9 Å². The van der Waals surface area contributed by atoms with Gasteiger partial charge in [-0.25, -0.2) is 26.8 Å². The highest BCUT2D eigenvalue weighted by molar-refractivity contribution is 7.92. The number of aryl methyl sites for hydroxylation is 1. The minimum Gasteiger partial charge on any atom is -0.339 e. The van der Waals surface area contributed by atoms with Gasteiger partial charge in [-0.3, -0.25) is 4.31 Å². The molecule has 1 N–H and O–H groups in total. The summed E-state index contributed by atoms with van der Waals surface area (Å²) in [7, 11) is -5.51. The summed E-state index contributed by atoms with van der Waals surface area (Å²) in [6.07, 6.45) is 7.46. The molecule has 0 saturated carbocycles. The van der Waals surface area contributed by atoms with Crippen molar-refractivity contribution in [3.8, 4) is 22.3 Å². The highest BCUT2D eigenvalue weighted by atomic mass is 32.2. The first-order valence-corrected chi connectivity index (χ1v) is 18.8. The predicted molar refractivity (Wildman–Crippen MR) is 191 cm³/mol. The minimum absolute atomic E-state index is 0.0113. The van der Waals surface area contributed by atoms with E-state index >= 15 is 0 Å². The molecule has 9 nitrogen and oxygen atoms in total. The molecular weight excluding hydrogens is 643 g/mol. The molecule has 0 radical (unpaired) electrons. The van der Waals surface area contributed by atoms with Crippen molar-refractivity contribution in [2.24, 2.45) is 0 Å². The number of sulfone groups is 1. The van der Waals surface area contributed by atoms with Crippen LogP contribution in [0.4, 0.5) is 5.69 Å². The Bertz CT molecular complexity index is 2430. The van der Waals surface area contributed by atoms with Crippen molar-refractivity contribution in [3.63, 3.8) is 0 Å². The van der Waals surface area contributed by atoms with Gasteiger partial charge in [0.25, 0.3) is 0 Å². The molecule has 0 amide bonds. The van der Waals surface area contributed by atoms with Gasteiger partial charge in [-0.05, 0) is 59.5 Å². The Hall–Kier alpha value is -5.26. The summed E-state index contributed by atoms with van der Waals surface area (Å²) in [5.74, 6) is -0.119. The van der Waals surface area contributed by atoms with Crippen LogP contribution in [0.5, 0.6) is 0 Å². The van der Waals surface area contributed by atoms with Gasteiger partial charge in [-0.2, -0.15) is 0 Å². The standard InChI is InChI=1S/C37H33N5O4S2/c1-41(48(45,46)22-8-20-42-21-19-38-26-42)30-16-14-28(15-17-30)33-24-39-37-36(35(33)29-9-4-2-5-10-29)32-23-27(13-18-34(32)40-37)25-47(43,44)31-11-6-3-7-12-31/h2-7,9-19,21,23-24,26H,8,20,22,25H2,1H3,(H,39,40). The van der Waals surface area contributed by atoms with E-state index in [0.717, 1.165) is 38.5 Å². The number of aromatic amines is 1. The van der Waals surface area contributed by atoms with Gasteiger partial charge < -0.3 is 9.55 Å². The second kappa shape index (κ2) is 12.7. The van der Waals surface area contributed by atoms with E-state index in [1.807, 2.05) is 89.8 Å². The normalized spacial score (nSPS) is 12.1. The Morgan fingerprint density at radius 1 is 0.833 bits per heavy atom. The Labute approximate surface area is 279 Å². The third-order valence-corrected chi connectivity index (χ3v) is 12.1. The average Bonchev–Trinajstić information content (AvgIpc) is 3.76. The number of rotatable bonds is 11. The maximum absolute atomic E-state index is 13.2. The number of H-pyrrole nitrogens is 1. The molecule has 3 aromatic heterocycles. The maximum Gasteiger partial charge on any atom is 0.234 e. The second-order valence-electron chi connectivity index (χ2n) is 11.7. The van der Waals surface area contributed by atoms with Gasteiger partial charge in [0.05, 0.1) is 28.4 Å². The number of hydrogen-bond donors (Lipinski definition) is 1. The largest absolute Gasteiger partial charge is 0.339 e. The van der Waals surface area contributed by atoms with E-state index in [9.17, 15) is 16.8 Å². The van der Waals surface area contributed by atoms with Crippen LogP contribution in [0.15, 0.2) is 133 Å². The highest BCUT2D eigenvalue weighted by Gasteiger charge is 2.21. The van der Waals surface area contributed by atoms with E-state index in [-0.39, 0.29) is 16.4 Å². The van der Waals surface area contributed by atoms with E-state index in [2.05, 4.69) is 9.97 Å². The van der Waals surface area contributed by atoms with Crippen molar-refractivity contribution in [1.82, 2.24) is 19.5 Å². The fourth-order valence-corrected chi connectivity index (χ4v) is 8.61. The molecule has 3 heterocycles. The SMILES string of the molecule is CN(c1ccc(-c2cnc3[nH]c4ccc(CS(=O)(=O)c5ccccc5)cc4c3c2-c2ccccc2)cc1)S(=O)(=O)CCCn1ccnc1. The molecule has 0 bridgehead atoms. The molecule has 7 rings (SSSR count). The van der Waals surface area contributed by atoms with E-state index in [1.165, 1.54) is 4.31 Å². The third-order valence-electron chi connectivity index (χ3n) is 8.54. The van der Waals surface area contributed by atoms with Crippen LogP contribution in [0.1, 0.15) is 12.0 Å². The lowest BCUT2D eigenvalue weighted by Gasteiger charge is -2.20. The number of imidazole rings is 1. The van der Waals surface area contributed by atoms with Crippen molar-refractivity contribution in [3.05, 3.63) is 134 Å². The van der Waals surface area contributed by atoms with Gasteiger partial charge in [0.2, 0.25) is 10.0 Å². The number of hydrogen-bond acceptors (Lipinski definition) is 6. The molecule has 0 fully saturated rings. The lowest BCUT2D eigenvalue weighted by Crippen LogP contribution is -2.29. The molecule has 0 aliphatic heterocycles. The topological polar surface area (TPSA) is 118 Å². The van der Waals surface area contributed by atoms with Crippen LogP contribution < -0.4 is 4.31 Å². The van der Waals surface area contributed by atoms with Crippen LogP contribution in [0.2, 0.25) is 0 Å². The molecule has 242 valence electrons. The van der Waals surface area contributed by atoms with Crippen molar-refractivity contribution >= 4 is 47.5 Å². The number of sulfonamides is 1. The summed E-state index contributed by atoms with van der Waals surface area (Å²) in [6.45, 7) is 0.571. The number of aromatic nitrogens is 4. The Morgan fingerprint density at radius 2 is 1.56 bits per heavy atom. The number of nitrogens with one attached hydrogen (secondary N) is 1. The third kappa shape index (κ3) is 6.22. The van der Waals surface area contributed by atoms with Gasteiger partial charge in [-0.1, -0.05) is 66.7 Å². The summed E-state index contributed by atoms with van der Waals surface area (Å²) in [6, 6.07) is 31.6. The number of nitrogens with zero attached hydrogens (tertiary/aromatic N) is 4. The molecule has 4 aromatic carbocycles. The fraction of sp³-hybridized carbons (Fsp3) is 0.135. The lowest BCUT2D eigenvalue weighted by molar-refractivity contribution is 0.584. The molecule has 7 aromatic rings. The molecule has 0 aliphatic carbocycles.